The zero-order valence-corrected chi connectivity index (χ0v) is 10.7. The van der Waals surface area contributed by atoms with Crippen LogP contribution in [-0.4, -0.2) is 28.0 Å². The standard InChI is InChI=1S/C4H11N.3CH3.In/c1-4(2)3-5;;;;/h4H,3,5H2,1-2H3;3*1H3;. The predicted molar refractivity (Wildman–Crippen MR) is 47.2 cm³/mol. The average Bonchev–Trinajstić information content (AvgIpc) is 1.65. The molecule has 0 radical (unpaired) electrons. The Morgan fingerprint density at radius 2 is 1.33 bits per heavy atom. The summed E-state index contributed by atoms with van der Waals surface area (Å²) in [6, 6.07) is 0. The van der Waals surface area contributed by atoms with Crippen molar-refractivity contribution in [1.82, 2.24) is 0 Å². The van der Waals surface area contributed by atoms with Crippen LogP contribution in [0.3, 0.4) is 0 Å². The number of nitrogens with two attached hydrogens (primary N) is 1. The molecule has 0 atom stereocenters. The third-order valence-electron chi connectivity index (χ3n) is 0.471. The predicted octanol–water partition coefficient (Wildman–Crippen LogP) is 1.97. The van der Waals surface area contributed by atoms with Crippen LogP contribution >= 0.6 is 0 Å². The van der Waals surface area contributed by atoms with Gasteiger partial charge in [-0.3, -0.25) is 0 Å². The fourth-order valence-electron chi connectivity index (χ4n) is 0. The molecule has 0 unspecified atom stereocenters. The molecule has 0 spiro atoms. The van der Waals surface area contributed by atoms with Gasteiger partial charge in [0.05, 0.1) is 0 Å². The van der Waals surface area contributed by atoms with E-state index in [4.69, 9.17) is 5.73 Å². The van der Waals surface area contributed by atoms with Crippen molar-refractivity contribution in [2.75, 3.05) is 6.54 Å². The van der Waals surface area contributed by atoms with Gasteiger partial charge in [0.25, 0.3) is 0 Å². The third kappa shape index (κ3) is 51.4. The molecule has 0 saturated carbocycles. The molecular formula is C7H20InN. The summed E-state index contributed by atoms with van der Waals surface area (Å²) in [5.74, 6) is 0.662. The number of hydrogen-bond donors (Lipinski definition) is 1. The maximum atomic E-state index is 5.17. The zero-order chi connectivity index (χ0) is 7.86. The first-order valence-electron chi connectivity index (χ1n) is 3.70. The van der Waals surface area contributed by atoms with E-state index in [1.165, 1.54) is 0 Å². The SMILES string of the molecule is CC(C)CN.[CH3][In]([CH3])[CH3]. The fraction of sp³-hybridized carbons (Fsp3) is 1.00. The van der Waals surface area contributed by atoms with Gasteiger partial charge in [-0.2, -0.15) is 0 Å². The molecule has 0 bridgehead atoms. The summed E-state index contributed by atoms with van der Waals surface area (Å²) in [6.45, 7) is 5.00. The second kappa shape index (κ2) is 8.83. The van der Waals surface area contributed by atoms with E-state index in [9.17, 15) is 0 Å². The van der Waals surface area contributed by atoms with E-state index in [1.807, 2.05) is 0 Å². The Morgan fingerprint density at radius 3 is 1.33 bits per heavy atom. The third-order valence-corrected chi connectivity index (χ3v) is 0.471. The molecule has 9 heavy (non-hydrogen) atoms. The summed E-state index contributed by atoms with van der Waals surface area (Å²) in [5.41, 5.74) is 5.17. The van der Waals surface area contributed by atoms with Crippen LogP contribution in [0.4, 0.5) is 0 Å². The van der Waals surface area contributed by atoms with Gasteiger partial charge >= 0.3 is 35.5 Å². The first kappa shape index (κ1) is 12.5. The van der Waals surface area contributed by atoms with Gasteiger partial charge in [-0.05, 0) is 12.5 Å². The Kier molecular flexibility index (Phi) is 12.3. The van der Waals surface area contributed by atoms with Crippen LogP contribution < -0.4 is 5.73 Å². The van der Waals surface area contributed by atoms with E-state index in [-0.39, 0.29) is 0 Å². The average molecular weight is 233 g/mol. The quantitative estimate of drug-likeness (QED) is 0.736. The summed E-state index contributed by atoms with van der Waals surface area (Å²) < 4.78 is 7.13. The Balaban J connectivity index is 0. The van der Waals surface area contributed by atoms with Crippen molar-refractivity contribution in [2.24, 2.45) is 11.7 Å². The first-order chi connectivity index (χ1) is 4.00. The van der Waals surface area contributed by atoms with E-state index in [1.54, 1.807) is 0 Å². The molecule has 0 fully saturated rings. The van der Waals surface area contributed by atoms with Crippen molar-refractivity contribution in [3.8, 4) is 0 Å². The van der Waals surface area contributed by atoms with Gasteiger partial charge in [0.1, 0.15) is 0 Å². The van der Waals surface area contributed by atoms with Crippen LogP contribution in [0.25, 0.3) is 0 Å². The summed E-state index contributed by atoms with van der Waals surface area (Å²) in [6.07, 6.45) is 0. The molecule has 0 amide bonds. The van der Waals surface area contributed by atoms with E-state index >= 15 is 0 Å². The van der Waals surface area contributed by atoms with Crippen molar-refractivity contribution >= 4 is 21.4 Å². The molecule has 0 heterocycles. The Bertz CT molecular complexity index is 41.4. The number of hydrogen-bond acceptors (Lipinski definition) is 1. The first-order valence-corrected chi connectivity index (χ1v) is 13.6. The van der Waals surface area contributed by atoms with Gasteiger partial charge in [-0.1, -0.05) is 13.8 Å². The zero-order valence-electron chi connectivity index (χ0n) is 7.44. The van der Waals surface area contributed by atoms with Crippen LogP contribution in [-0.2, 0) is 0 Å². The minimum atomic E-state index is -0.637. The van der Waals surface area contributed by atoms with Gasteiger partial charge in [0, 0.05) is 0 Å². The second-order valence-corrected chi connectivity index (χ2v) is 13.2. The summed E-state index contributed by atoms with van der Waals surface area (Å²) in [5, 5.41) is 0. The van der Waals surface area contributed by atoms with Crippen LogP contribution in [0.15, 0.2) is 0 Å². The molecule has 0 aromatic carbocycles. The fourth-order valence-corrected chi connectivity index (χ4v) is 0. The monoisotopic (exact) mass is 233 g/mol. The maximum absolute atomic E-state index is 5.17. The molecule has 0 aliphatic rings. The van der Waals surface area contributed by atoms with Crippen LogP contribution in [0.1, 0.15) is 13.8 Å². The molecule has 0 aliphatic carbocycles. The molecule has 1 nitrogen and oxygen atoms in total. The van der Waals surface area contributed by atoms with Crippen molar-refractivity contribution in [2.45, 2.75) is 27.9 Å². The van der Waals surface area contributed by atoms with E-state index in [2.05, 4.69) is 27.9 Å². The molecule has 2 N–H and O–H groups in total. The minimum absolute atomic E-state index is 0.637. The second-order valence-electron chi connectivity index (χ2n) is 3.36. The van der Waals surface area contributed by atoms with Crippen LogP contribution in [0, 0.1) is 5.92 Å². The van der Waals surface area contributed by atoms with E-state index in [0.29, 0.717) is 5.92 Å². The Hall–Kier alpha value is 0.830. The van der Waals surface area contributed by atoms with Crippen molar-refractivity contribution in [1.29, 1.82) is 0 Å². The van der Waals surface area contributed by atoms with Crippen molar-refractivity contribution < 1.29 is 0 Å². The molecule has 2 heteroatoms. The van der Waals surface area contributed by atoms with Gasteiger partial charge < -0.3 is 5.73 Å². The summed E-state index contributed by atoms with van der Waals surface area (Å²) >= 11 is -0.637. The van der Waals surface area contributed by atoms with E-state index in [0.717, 1.165) is 6.54 Å². The van der Waals surface area contributed by atoms with E-state index < -0.39 is 21.4 Å². The van der Waals surface area contributed by atoms with Crippen LogP contribution in [0.5, 0.6) is 0 Å². The van der Waals surface area contributed by atoms with Crippen LogP contribution in [0.2, 0.25) is 14.0 Å². The van der Waals surface area contributed by atoms with Gasteiger partial charge in [0.2, 0.25) is 0 Å². The Labute approximate surface area is 67.5 Å². The molecular weight excluding hydrogens is 213 g/mol. The Morgan fingerprint density at radius 1 is 1.22 bits per heavy atom. The molecule has 56 valence electrons. The van der Waals surface area contributed by atoms with Gasteiger partial charge in [-0.25, -0.2) is 0 Å². The molecule has 0 saturated heterocycles. The molecule has 0 aliphatic heterocycles. The van der Waals surface area contributed by atoms with Gasteiger partial charge in [0.15, 0.2) is 0 Å². The summed E-state index contributed by atoms with van der Waals surface area (Å²) in [4.78, 5) is 0. The van der Waals surface area contributed by atoms with Crippen molar-refractivity contribution in [3.63, 3.8) is 0 Å². The number of rotatable bonds is 1. The summed E-state index contributed by atoms with van der Waals surface area (Å²) in [7, 11) is 0. The molecule has 0 rings (SSSR count). The molecule has 0 aromatic heterocycles. The topological polar surface area (TPSA) is 26.0 Å². The van der Waals surface area contributed by atoms with Gasteiger partial charge in [-0.15, -0.1) is 0 Å². The molecule has 0 aromatic rings. The normalized spacial score (nSPS) is 8.33. The van der Waals surface area contributed by atoms with Crippen molar-refractivity contribution in [3.05, 3.63) is 0 Å².